The number of unbranched alkanes of at least 4 members (excludes halogenated alkanes) is 1. The van der Waals surface area contributed by atoms with Crippen LogP contribution in [0.25, 0.3) is 0 Å². The average Bonchev–Trinajstić information content (AvgIpc) is 2.98. The third-order valence-corrected chi connectivity index (χ3v) is 7.64. The van der Waals surface area contributed by atoms with Crippen LogP contribution in [-0.2, 0) is 33.6 Å². The van der Waals surface area contributed by atoms with Gasteiger partial charge >= 0.3 is 0 Å². The van der Waals surface area contributed by atoms with E-state index in [4.69, 9.17) is 0 Å². The largest absolute Gasteiger partial charge is 0.508 e. The predicted molar refractivity (Wildman–Crippen MR) is 178 cm³/mol. The molecule has 0 amide bonds. The van der Waals surface area contributed by atoms with Crippen LogP contribution in [0.4, 0.5) is 0 Å². The molecule has 4 heteroatoms. The Morgan fingerprint density at radius 1 is 0.951 bits per heavy atom. The molecule has 0 aromatic heterocycles. The smallest absolute Gasteiger partial charge is 0.139 e. The molecule has 0 spiro atoms. The minimum atomic E-state index is -0.509. The van der Waals surface area contributed by atoms with E-state index >= 15 is 0 Å². The van der Waals surface area contributed by atoms with Crippen LogP contribution in [-0.4, -0.2) is 22.5 Å². The fraction of sp³-hybridized carbons (Fsp3) is 0.541. The molecule has 2 aromatic carbocycles. The van der Waals surface area contributed by atoms with E-state index in [9.17, 15) is 19.5 Å². The molecule has 0 fully saturated rings. The third kappa shape index (κ3) is 14.4. The summed E-state index contributed by atoms with van der Waals surface area (Å²) >= 11 is 0. The standard InChI is InChI=1S/C24H36O3.C11H14O.C2H6.2H2/c1-5-8-17-24(16-6-2,18-15-21(25)19(4)7-3)23(27)14-13-20-11-9-10-12-22(20)26;1-3-10-4-6-11(7-5-10)8-9(2)12;1-2;;/h6,9-12,19,26H,2,5,7-8,13-18H2,1,3-4H3;4-7H,3,8H2,1-2H3;1-2H3;2*1H/t19-,24?;;;;/m0..../s1. The van der Waals surface area contributed by atoms with E-state index in [1.54, 1.807) is 19.1 Å². The van der Waals surface area contributed by atoms with Crippen molar-refractivity contribution in [2.75, 3.05) is 0 Å². The number of aromatic hydroxyl groups is 1. The Balaban J connectivity index is -0.000000840. The Morgan fingerprint density at radius 2 is 1.56 bits per heavy atom. The number of phenols is 1. The summed E-state index contributed by atoms with van der Waals surface area (Å²) in [5.41, 5.74) is 2.72. The van der Waals surface area contributed by atoms with E-state index in [-0.39, 0.29) is 31.9 Å². The Morgan fingerprint density at radius 3 is 2.07 bits per heavy atom. The van der Waals surface area contributed by atoms with Gasteiger partial charge < -0.3 is 5.11 Å². The lowest BCUT2D eigenvalue weighted by Gasteiger charge is -2.32. The molecule has 4 nitrogen and oxygen atoms in total. The molecule has 232 valence electrons. The molecule has 0 saturated carbocycles. The van der Waals surface area contributed by atoms with Gasteiger partial charge in [-0.3, -0.25) is 14.4 Å². The number of rotatable bonds is 17. The van der Waals surface area contributed by atoms with Crippen LogP contribution in [0.3, 0.4) is 0 Å². The molecule has 2 atom stereocenters. The number of carbonyl (C=O) groups is 3. The van der Waals surface area contributed by atoms with E-state index in [0.29, 0.717) is 38.5 Å². The van der Waals surface area contributed by atoms with Gasteiger partial charge in [0.2, 0.25) is 0 Å². The lowest BCUT2D eigenvalue weighted by molar-refractivity contribution is -0.131. The minimum absolute atomic E-state index is 0. The number of hydrogen-bond donors (Lipinski definition) is 1. The van der Waals surface area contributed by atoms with Crippen molar-refractivity contribution in [2.24, 2.45) is 11.3 Å². The van der Waals surface area contributed by atoms with Crippen LogP contribution in [0.5, 0.6) is 5.75 Å². The fourth-order valence-electron chi connectivity index (χ4n) is 4.77. The Bertz CT molecular complexity index is 1050. The minimum Gasteiger partial charge on any atom is -0.508 e. The second-order valence-electron chi connectivity index (χ2n) is 10.8. The summed E-state index contributed by atoms with van der Waals surface area (Å²) in [6.45, 7) is 17.7. The molecule has 0 aliphatic carbocycles. The van der Waals surface area contributed by atoms with Crippen molar-refractivity contribution >= 4 is 17.3 Å². The number of para-hydroxylation sites is 1. The topological polar surface area (TPSA) is 71.4 Å². The Kier molecular flexibility index (Phi) is 20.1. The number of ketones is 3. The first-order valence-electron chi connectivity index (χ1n) is 15.6. The van der Waals surface area contributed by atoms with Crippen molar-refractivity contribution in [3.8, 4) is 5.75 Å². The van der Waals surface area contributed by atoms with Gasteiger partial charge in [0, 0.05) is 33.4 Å². The summed E-state index contributed by atoms with van der Waals surface area (Å²) in [5, 5.41) is 9.96. The monoisotopic (exact) mass is 568 g/mol. The van der Waals surface area contributed by atoms with Gasteiger partial charge in [-0.25, -0.2) is 0 Å². The van der Waals surface area contributed by atoms with Crippen LogP contribution in [0.2, 0.25) is 0 Å². The zero-order valence-corrected chi connectivity index (χ0v) is 26.9. The molecular weight excluding hydrogens is 508 g/mol. The van der Waals surface area contributed by atoms with Crippen molar-refractivity contribution in [1.29, 1.82) is 0 Å². The molecule has 41 heavy (non-hydrogen) atoms. The van der Waals surface area contributed by atoms with Crippen LogP contribution in [0.15, 0.2) is 61.2 Å². The van der Waals surface area contributed by atoms with Crippen molar-refractivity contribution in [3.05, 3.63) is 77.9 Å². The van der Waals surface area contributed by atoms with E-state index in [2.05, 4.69) is 32.6 Å². The van der Waals surface area contributed by atoms with Crippen LogP contribution in [0.1, 0.15) is 119 Å². The maximum Gasteiger partial charge on any atom is 0.139 e. The van der Waals surface area contributed by atoms with Gasteiger partial charge in [0.25, 0.3) is 0 Å². The summed E-state index contributed by atoms with van der Waals surface area (Å²) in [6.07, 6.45) is 9.62. The first-order chi connectivity index (χ1) is 19.6. The van der Waals surface area contributed by atoms with Crippen molar-refractivity contribution in [3.63, 3.8) is 0 Å². The van der Waals surface area contributed by atoms with Gasteiger partial charge in [-0.2, -0.15) is 0 Å². The molecule has 0 radical (unpaired) electrons. The summed E-state index contributed by atoms with van der Waals surface area (Å²) < 4.78 is 0. The van der Waals surface area contributed by atoms with Gasteiger partial charge in [-0.15, -0.1) is 6.58 Å². The molecule has 2 aromatic rings. The molecule has 0 aliphatic rings. The van der Waals surface area contributed by atoms with Gasteiger partial charge in [-0.05, 0) is 68.2 Å². The lowest BCUT2D eigenvalue weighted by Crippen LogP contribution is -2.32. The lowest BCUT2D eigenvalue weighted by atomic mass is 9.70. The molecule has 0 saturated heterocycles. The number of Topliss-reactive ketones (excluding diaryl/α,β-unsaturated/α-hetero) is 3. The summed E-state index contributed by atoms with van der Waals surface area (Å²) in [6, 6.07) is 15.4. The van der Waals surface area contributed by atoms with Gasteiger partial charge in [0.05, 0.1) is 0 Å². The maximum absolute atomic E-state index is 13.3. The molecule has 1 unspecified atom stereocenters. The van der Waals surface area contributed by atoms with Crippen molar-refractivity contribution in [2.45, 2.75) is 119 Å². The second-order valence-corrected chi connectivity index (χ2v) is 10.8. The summed E-state index contributed by atoms with van der Waals surface area (Å²) in [4.78, 5) is 36.4. The zero-order valence-electron chi connectivity index (χ0n) is 26.9. The number of benzene rings is 2. The van der Waals surface area contributed by atoms with Gasteiger partial charge in [-0.1, -0.05) is 103 Å². The number of phenolic OH excluding ortho intramolecular Hbond substituents is 1. The average molecular weight is 569 g/mol. The van der Waals surface area contributed by atoms with E-state index in [1.807, 2.05) is 58.0 Å². The Labute approximate surface area is 253 Å². The number of aryl methyl sites for hydroxylation is 2. The first kappa shape index (κ1) is 38.0. The van der Waals surface area contributed by atoms with Crippen molar-refractivity contribution in [1.82, 2.24) is 0 Å². The second kappa shape index (κ2) is 21.7. The maximum atomic E-state index is 13.3. The number of allylic oxidation sites excluding steroid dienone is 1. The third-order valence-electron chi connectivity index (χ3n) is 7.64. The van der Waals surface area contributed by atoms with Crippen LogP contribution in [0, 0.1) is 11.3 Å². The van der Waals surface area contributed by atoms with Gasteiger partial charge in [0.15, 0.2) is 0 Å². The SMILES string of the molecule is C=CCC(CCCC)(CCC(=O)[C@@H](C)CC)C(=O)CCc1ccccc1O.CC.CCc1ccc(CC(C)=O)cc1.[HH].[HH]. The van der Waals surface area contributed by atoms with Gasteiger partial charge in [0.1, 0.15) is 23.1 Å². The highest BCUT2D eigenvalue weighted by molar-refractivity contribution is 5.87. The fourth-order valence-corrected chi connectivity index (χ4v) is 4.77. The summed E-state index contributed by atoms with van der Waals surface area (Å²) in [7, 11) is 0. The van der Waals surface area contributed by atoms with Crippen molar-refractivity contribution < 1.29 is 22.3 Å². The quantitative estimate of drug-likeness (QED) is 0.193. The van der Waals surface area contributed by atoms with E-state index in [1.165, 1.54) is 5.56 Å². The molecular formula is C37H60O4. The Hall–Kier alpha value is -3.01. The molecule has 1 N–H and O–H groups in total. The summed E-state index contributed by atoms with van der Waals surface area (Å²) in [5.74, 6) is 0.945. The van der Waals surface area contributed by atoms with Crippen LogP contribution >= 0.6 is 0 Å². The number of carbonyl (C=O) groups excluding carboxylic acids is 3. The first-order valence-corrected chi connectivity index (χ1v) is 15.6. The highest BCUT2D eigenvalue weighted by atomic mass is 16.3. The number of hydrogen-bond acceptors (Lipinski definition) is 4. The molecule has 2 rings (SSSR count). The van der Waals surface area contributed by atoms with E-state index < -0.39 is 5.41 Å². The highest BCUT2D eigenvalue weighted by Crippen LogP contribution is 2.38. The highest BCUT2D eigenvalue weighted by Gasteiger charge is 2.36. The predicted octanol–water partition coefficient (Wildman–Crippen LogP) is 9.94. The van der Waals surface area contributed by atoms with Crippen LogP contribution < -0.4 is 0 Å². The molecule has 0 aliphatic heterocycles. The molecule has 0 bridgehead atoms. The van der Waals surface area contributed by atoms with E-state index in [0.717, 1.165) is 43.2 Å². The molecule has 0 heterocycles. The zero-order chi connectivity index (χ0) is 31.3. The normalized spacial score (nSPS) is 12.5.